The Labute approximate surface area is 192 Å². The molecule has 0 bridgehead atoms. The first-order valence-corrected chi connectivity index (χ1v) is 11.7. The number of benzene rings is 1. The molecule has 8 nitrogen and oxygen atoms in total. The second-order valence-electron chi connectivity index (χ2n) is 10.4. The van der Waals surface area contributed by atoms with Gasteiger partial charge in [0.2, 0.25) is 5.91 Å². The van der Waals surface area contributed by atoms with Crippen LogP contribution in [0.1, 0.15) is 55.6 Å². The van der Waals surface area contributed by atoms with Gasteiger partial charge in [-0.1, -0.05) is 18.2 Å². The SMILES string of the molecule is CC1(C)C(=O)Cc2cc(Cc3nc4c(N5CCC6(CC5)CNC(=O)C6)nccn4n3)ccc21. The van der Waals surface area contributed by atoms with Gasteiger partial charge in [-0.25, -0.2) is 14.5 Å². The molecule has 1 N–H and O–H groups in total. The van der Waals surface area contributed by atoms with Crippen LogP contribution >= 0.6 is 0 Å². The van der Waals surface area contributed by atoms with E-state index >= 15 is 0 Å². The second kappa shape index (κ2) is 7.10. The number of fused-ring (bicyclic) bond motifs is 2. The average molecular weight is 445 g/mol. The van der Waals surface area contributed by atoms with Crippen LogP contribution < -0.4 is 10.2 Å². The van der Waals surface area contributed by atoms with Gasteiger partial charge in [0.1, 0.15) is 5.78 Å². The topological polar surface area (TPSA) is 92.5 Å². The number of hydrogen-bond donors (Lipinski definition) is 1. The molecule has 0 atom stereocenters. The molecule has 0 unspecified atom stereocenters. The van der Waals surface area contributed by atoms with Crippen LogP contribution in [0.5, 0.6) is 0 Å². The Morgan fingerprint density at radius 3 is 2.73 bits per heavy atom. The second-order valence-corrected chi connectivity index (χ2v) is 10.4. The van der Waals surface area contributed by atoms with Crippen LogP contribution in [-0.4, -0.2) is 50.9 Å². The maximum atomic E-state index is 12.4. The first-order valence-electron chi connectivity index (χ1n) is 11.7. The lowest BCUT2D eigenvalue weighted by Crippen LogP contribution is -2.41. The molecule has 2 fully saturated rings. The van der Waals surface area contributed by atoms with Crippen LogP contribution in [0.25, 0.3) is 5.65 Å². The number of aromatic nitrogens is 4. The smallest absolute Gasteiger partial charge is 0.220 e. The molecule has 170 valence electrons. The van der Waals surface area contributed by atoms with Gasteiger partial charge in [0.25, 0.3) is 0 Å². The Morgan fingerprint density at radius 1 is 1.15 bits per heavy atom. The minimum Gasteiger partial charge on any atom is -0.356 e. The minimum atomic E-state index is -0.398. The van der Waals surface area contributed by atoms with Gasteiger partial charge < -0.3 is 10.2 Å². The van der Waals surface area contributed by atoms with E-state index in [4.69, 9.17) is 10.1 Å². The standard InChI is InChI=1S/C25H28N6O2/c1-24(2)18-4-3-16(11-17(18)13-19(24)32)12-20-28-23-22(26-7-10-31(23)29-20)30-8-5-25(6-9-30)14-21(33)27-15-25/h3-4,7,10-11H,5-6,8-9,12-15H2,1-2H3,(H,27,33). The summed E-state index contributed by atoms with van der Waals surface area (Å²) >= 11 is 0. The van der Waals surface area contributed by atoms with E-state index < -0.39 is 5.41 Å². The van der Waals surface area contributed by atoms with Crippen molar-refractivity contribution in [3.05, 3.63) is 53.1 Å². The Balaban J connectivity index is 1.24. The fourth-order valence-corrected chi connectivity index (χ4v) is 5.68. The molecule has 3 aliphatic rings. The van der Waals surface area contributed by atoms with Crippen LogP contribution in [0, 0.1) is 5.41 Å². The largest absolute Gasteiger partial charge is 0.356 e. The molecule has 1 amide bonds. The van der Waals surface area contributed by atoms with Crippen molar-refractivity contribution < 1.29 is 9.59 Å². The summed E-state index contributed by atoms with van der Waals surface area (Å²) in [5.74, 6) is 2.04. The van der Waals surface area contributed by atoms with E-state index in [-0.39, 0.29) is 17.1 Å². The summed E-state index contributed by atoms with van der Waals surface area (Å²) in [6, 6.07) is 6.31. The first-order chi connectivity index (χ1) is 15.8. The summed E-state index contributed by atoms with van der Waals surface area (Å²) in [5.41, 5.74) is 3.83. The number of piperidine rings is 1. The van der Waals surface area contributed by atoms with Crippen molar-refractivity contribution in [2.45, 2.75) is 51.4 Å². The van der Waals surface area contributed by atoms with Crippen molar-refractivity contribution >= 4 is 23.2 Å². The van der Waals surface area contributed by atoms with E-state index in [1.165, 1.54) is 0 Å². The molecule has 2 aliphatic heterocycles. The van der Waals surface area contributed by atoms with Crippen molar-refractivity contribution in [1.82, 2.24) is 24.9 Å². The highest BCUT2D eigenvalue weighted by Crippen LogP contribution is 2.39. The Hall–Kier alpha value is -3.29. The highest BCUT2D eigenvalue weighted by molar-refractivity contribution is 5.95. The number of hydrogen-bond acceptors (Lipinski definition) is 6. The van der Waals surface area contributed by atoms with Crippen molar-refractivity contribution in [1.29, 1.82) is 0 Å². The Kier molecular flexibility index (Phi) is 4.38. The maximum absolute atomic E-state index is 12.4. The lowest BCUT2D eigenvalue weighted by Gasteiger charge is -2.38. The molecular formula is C25H28N6O2. The summed E-state index contributed by atoms with van der Waals surface area (Å²) in [7, 11) is 0. The summed E-state index contributed by atoms with van der Waals surface area (Å²) in [6.45, 7) is 6.51. The van der Waals surface area contributed by atoms with Gasteiger partial charge in [-0.15, -0.1) is 0 Å². The van der Waals surface area contributed by atoms with E-state index in [0.29, 0.717) is 19.3 Å². The van der Waals surface area contributed by atoms with Crippen molar-refractivity contribution in [2.75, 3.05) is 24.5 Å². The van der Waals surface area contributed by atoms with Gasteiger partial charge in [0.05, 0.1) is 0 Å². The van der Waals surface area contributed by atoms with Gasteiger partial charge in [0, 0.05) is 56.7 Å². The molecule has 3 aromatic rings. The third kappa shape index (κ3) is 3.31. The van der Waals surface area contributed by atoms with Gasteiger partial charge >= 0.3 is 0 Å². The highest BCUT2D eigenvalue weighted by atomic mass is 16.2. The number of ketones is 1. The van der Waals surface area contributed by atoms with Crippen LogP contribution in [0.15, 0.2) is 30.6 Å². The van der Waals surface area contributed by atoms with Crippen LogP contribution in [0.2, 0.25) is 0 Å². The molecule has 6 rings (SSSR count). The van der Waals surface area contributed by atoms with E-state index in [9.17, 15) is 9.59 Å². The summed E-state index contributed by atoms with van der Waals surface area (Å²) < 4.78 is 1.81. The average Bonchev–Trinajstić information content (AvgIpc) is 3.42. The number of Topliss-reactive ketones (excluding diaryl/α,β-unsaturated/α-hetero) is 1. The Bertz CT molecular complexity index is 1290. The van der Waals surface area contributed by atoms with Crippen LogP contribution in [0.4, 0.5) is 5.82 Å². The molecule has 0 radical (unpaired) electrons. The van der Waals surface area contributed by atoms with Crippen molar-refractivity contribution in [3.8, 4) is 0 Å². The molecule has 1 aromatic carbocycles. The summed E-state index contributed by atoms with van der Waals surface area (Å²) in [6.07, 6.45) is 7.30. The van der Waals surface area contributed by atoms with E-state index in [0.717, 1.165) is 66.5 Å². The fraction of sp³-hybridized carbons (Fsp3) is 0.480. The van der Waals surface area contributed by atoms with E-state index in [1.54, 1.807) is 6.20 Å². The quantitative estimate of drug-likeness (QED) is 0.666. The highest BCUT2D eigenvalue weighted by Gasteiger charge is 2.41. The maximum Gasteiger partial charge on any atom is 0.220 e. The van der Waals surface area contributed by atoms with Crippen LogP contribution in [0.3, 0.4) is 0 Å². The third-order valence-electron chi connectivity index (χ3n) is 7.85. The number of nitrogens with zero attached hydrogens (tertiary/aromatic N) is 5. The number of carbonyl (C=O) groups excluding carboxylic acids is 2. The molecule has 0 saturated carbocycles. The number of rotatable bonds is 3. The fourth-order valence-electron chi connectivity index (χ4n) is 5.68. The zero-order chi connectivity index (χ0) is 22.8. The van der Waals surface area contributed by atoms with Crippen molar-refractivity contribution in [3.63, 3.8) is 0 Å². The first kappa shape index (κ1) is 20.3. The molecule has 1 spiro atoms. The summed E-state index contributed by atoms with van der Waals surface area (Å²) in [5, 5.41) is 7.69. The van der Waals surface area contributed by atoms with Gasteiger partial charge in [-0.3, -0.25) is 9.59 Å². The molecule has 2 aromatic heterocycles. The predicted octanol–water partition coefficient (Wildman–Crippen LogP) is 2.22. The Morgan fingerprint density at radius 2 is 1.97 bits per heavy atom. The lowest BCUT2D eigenvalue weighted by molar-refractivity contribution is -0.122. The molecular weight excluding hydrogens is 416 g/mol. The third-order valence-corrected chi connectivity index (χ3v) is 7.85. The normalized spacial score (nSPS) is 21.1. The van der Waals surface area contributed by atoms with Gasteiger partial charge in [-0.05, 0) is 48.8 Å². The monoisotopic (exact) mass is 444 g/mol. The number of nitrogens with one attached hydrogen (secondary N) is 1. The molecule has 1 aliphatic carbocycles. The molecule has 2 saturated heterocycles. The predicted molar refractivity (Wildman–Crippen MR) is 123 cm³/mol. The van der Waals surface area contributed by atoms with E-state index in [1.807, 2.05) is 24.6 Å². The zero-order valence-corrected chi connectivity index (χ0v) is 19.1. The lowest BCUT2D eigenvalue weighted by atomic mass is 9.78. The molecule has 4 heterocycles. The zero-order valence-electron chi connectivity index (χ0n) is 19.1. The van der Waals surface area contributed by atoms with E-state index in [2.05, 4.69) is 33.4 Å². The van der Waals surface area contributed by atoms with Crippen LogP contribution in [-0.2, 0) is 27.8 Å². The number of carbonyl (C=O) groups is 2. The number of anilines is 1. The number of amides is 1. The van der Waals surface area contributed by atoms with Crippen molar-refractivity contribution in [2.24, 2.45) is 5.41 Å². The summed E-state index contributed by atoms with van der Waals surface area (Å²) in [4.78, 5) is 35.8. The minimum absolute atomic E-state index is 0.0982. The van der Waals surface area contributed by atoms with Gasteiger partial charge in [0.15, 0.2) is 17.3 Å². The molecule has 8 heteroatoms. The van der Waals surface area contributed by atoms with Gasteiger partial charge in [-0.2, -0.15) is 5.10 Å². The molecule has 33 heavy (non-hydrogen) atoms.